The van der Waals surface area contributed by atoms with Crippen LogP contribution in [0.15, 0.2) is 149 Å². The standard InChI is InChI=1S/C42H39N11O13S4.4Na/c54-67(55,56)36-6-1-4-32-34(36)22-30(24-38(32)69(60,61)62)51-49-28-12-8-26(9-13-28)44-41-46-40(43-16-3-17-53-18-20-66-21-19-53)47-42(48-41)45-27-10-14-29(15-11-27)50-52-31-23-35-33(39(25-31)70(63,64)65)5-2-7-37(35)68(57,58)59;;;;/h1-2,4-15,22-25H,3,16-21H2,(H,54,55,56)(H,57,58,59)(H,60,61,62)(H,63,64,65)(H3,43,44,45,46,47,48);;;;/q;4*+1/p-4. The minimum absolute atomic E-state index is 0. The minimum atomic E-state index is -5.13. The average molecular weight is 1120 g/mol. The van der Waals surface area contributed by atoms with E-state index in [0.29, 0.717) is 31.1 Å². The van der Waals surface area contributed by atoms with Crippen molar-refractivity contribution in [1.29, 1.82) is 0 Å². The van der Waals surface area contributed by atoms with Gasteiger partial charge in [-0.15, -0.1) is 0 Å². The van der Waals surface area contributed by atoms with Gasteiger partial charge in [-0.05, 0) is 97.9 Å². The van der Waals surface area contributed by atoms with E-state index in [2.05, 4.69) is 56.3 Å². The van der Waals surface area contributed by atoms with Crippen molar-refractivity contribution in [2.45, 2.75) is 26.0 Å². The van der Waals surface area contributed by atoms with E-state index in [9.17, 15) is 51.9 Å². The largest absolute Gasteiger partial charge is 1.00 e. The number of benzene rings is 6. The quantitative estimate of drug-likeness (QED) is 0.0331. The molecule has 32 heteroatoms. The van der Waals surface area contributed by atoms with Crippen LogP contribution < -0.4 is 134 Å². The molecule has 1 fully saturated rings. The van der Waals surface area contributed by atoms with Crippen molar-refractivity contribution in [3.05, 3.63) is 109 Å². The van der Waals surface area contributed by atoms with E-state index in [0.717, 1.165) is 74.6 Å². The van der Waals surface area contributed by atoms with E-state index in [4.69, 9.17) is 4.74 Å². The van der Waals surface area contributed by atoms with Crippen LogP contribution in [0.25, 0.3) is 21.5 Å². The van der Waals surface area contributed by atoms with Crippen LogP contribution in [0.3, 0.4) is 0 Å². The van der Waals surface area contributed by atoms with Crippen LogP contribution in [0, 0.1) is 0 Å². The molecule has 74 heavy (non-hydrogen) atoms. The number of fused-ring (bicyclic) bond motifs is 2. The monoisotopic (exact) mass is 1120 g/mol. The fourth-order valence-corrected chi connectivity index (χ4v) is 9.98. The maximum atomic E-state index is 12.1. The molecule has 0 amide bonds. The molecule has 8 rings (SSSR count). The molecule has 24 nitrogen and oxygen atoms in total. The van der Waals surface area contributed by atoms with Crippen molar-refractivity contribution in [2.24, 2.45) is 20.5 Å². The summed E-state index contributed by atoms with van der Waals surface area (Å²) in [5.41, 5.74) is 1.07. The molecule has 7 aromatic rings. The van der Waals surface area contributed by atoms with E-state index in [1.54, 1.807) is 24.3 Å². The second-order valence-electron chi connectivity index (χ2n) is 15.2. The maximum absolute atomic E-state index is 12.1. The molecule has 6 aromatic carbocycles. The average Bonchev–Trinajstić information content (AvgIpc) is 3.30. The number of ether oxygens (including phenoxy) is 1. The van der Waals surface area contributed by atoms with Gasteiger partial charge in [-0.3, -0.25) is 4.90 Å². The number of anilines is 5. The number of rotatable bonds is 17. The van der Waals surface area contributed by atoms with E-state index < -0.39 is 60.1 Å². The van der Waals surface area contributed by atoms with Gasteiger partial charge >= 0.3 is 118 Å². The van der Waals surface area contributed by atoms with E-state index in [1.807, 2.05) is 0 Å². The summed E-state index contributed by atoms with van der Waals surface area (Å²) < 4.78 is 150. The third-order valence-electron chi connectivity index (χ3n) is 10.4. The molecule has 0 bridgehead atoms. The Kier molecular flexibility index (Phi) is 23.2. The molecule has 0 unspecified atom stereocenters. The normalized spacial score (nSPS) is 13.4. The Morgan fingerprint density at radius 3 is 1.24 bits per heavy atom. The fraction of sp³-hybridized carbons (Fsp3) is 0.167. The summed E-state index contributed by atoms with van der Waals surface area (Å²) in [6.07, 6.45) is 0.765. The molecule has 2 heterocycles. The van der Waals surface area contributed by atoms with Crippen LogP contribution in [0.1, 0.15) is 6.42 Å². The van der Waals surface area contributed by atoms with Crippen LogP contribution in [-0.4, -0.2) is 111 Å². The summed E-state index contributed by atoms with van der Waals surface area (Å²) in [5, 5.41) is 24.5. The van der Waals surface area contributed by atoms with Crippen LogP contribution in [0.5, 0.6) is 0 Å². The van der Waals surface area contributed by atoms with Crippen molar-refractivity contribution in [3.8, 4) is 0 Å². The fourth-order valence-electron chi connectivity index (χ4n) is 7.19. The molecule has 364 valence electrons. The molecule has 1 saturated heterocycles. The summed E-state index contributed by atoms with van der Waals surface area (Å²) >= 11 is 0. The minimum Gasteiger partial charge on any atom is -0.744 e. The molecular weight excluding hydrogens is 1090 g/mol. The van der Waals surface area contributed by atoms with Gasteiger partial charge in [0.2, 0.25) is 17.8 Å². The zero-order chi connectivity index (χ0) is 49.8. The van der Waals surface area contributed by atoms with Crippen LogP contribution in [0.2, 0.25) is 0 Å². The Hall–Kier alpha value is -2.99. The molecule has 1 aromatic heterocycles. The SMILES string of the molecule is O=S(=O)([O-])c1cc(N=Nc2ccc(Nc3nc(NCCCN4CCOCC4)nc(Nc4ccc(N=Nc5cc(S(=O)(=O)[O-])c6cccc(S(=O)(=O)[O-])c6c5)cc4)n3)cc2)cc2c(S(=O)(=O)[O-])cccc12.[Na+].[Na+].[Na+].[Na+]. The van der Waals surface area contributed by atoms with Gasteiger partial charge in [-0.25, -0.2) is 33.7 Å². The predicted octanol–water partition coefficient (Wildman–Crippen LogP) is -5.74. The number of hydrogen-bond donors (Lipinski definition) is 3. The van der Waals surface area contributed by atoms with Crippen molar-refractivity contribution in [1.82, 2.24) is 19.9 Å². The van der Waals surface area contributed by atoms with Gasteiger partial charge in [0.25, 0.3) is 0 Å². The second-order valence-corrected chi connectivity index (χ2v) is 20.6. The van der Waals surface area contributed by atoms with Crippen molar-refractivity contribution in [3.63, 3.8) is 0 Å². The Balaban J connectivity index is 0.00000296. The van der Waals surface area contributed by atoms with Gasteiger partial charge in [0.1, 0.15) is 40.5 Å². The summed E-state index contributed by atoms with van der Waals surface area (Å²) in [6, 6.07) is 23.4. The van der Waals surface area contributed by atoms with Gasteiger partial charge < -0.3 is 38.9 Å². The summed E-state index contributed by atoms with van der Waals surface area (Å²) in [7, 11) is -20.4. The molecule has 0 saturated carbocycles. The smallest absolute Gasteiger partial charge is 0.744 e. The van der Waals surface area contributed by atoms with Crippen LogP contribution >= 0.6 is 0 Å². The Morgan fingerprint density at radius 2 is 0.851 bits per heavy atom. The first-order valence-electron chi connectivity index (χ1n) is 20.5. The number of hydrogen-bond acceptors (Lipinski definition) is 24. The third kappa shape index (κ3) is 16.8. The zero-order valence-corrected chi connectivity index (χ0v) is 51.1. The van der Waals surface area contributed by atoms with Crippen LogP contribution in [-0.2, 0) is 45.2 Å². The molecule has 1 aliphatic heterocycles. The van der Waals surface area contributed by atoms with Gasteiger partial charge in [0.15, 0.2) is 0 Å². The summed E-state index contributed by atoms with van der Waals surface area (Å²) in [5.74, 6) is 0.452. The van der Waals surface area contributed by atoms with E-state index in [1.165, 1.54) is 36.4 Å². The molecule has 0 atom stereocenters. The van der Waals surface area contributed by atoms with Crippen molar-refractivity contribution in [2.75, 3.05) is 55.3 Å². The first-order chi connectivity index (χ1) is 33.2. The number of azo groups is 2. The van der Waals surface area contributed by atoms with E-state index >= 15 is 0 Å². The Morgan fingerprint density at radius 1 is 0.473 bits per heavy atom. The zero-order valence-electron chi connectivity index (χ0n) is 39.9. The maximum Gasteiger partial charge on any atom is 1.00 e. The summed E-state index contributed by atoms with van der Waals surface area (Å²) in [4.78, 5) is 12.8. The van der Waals surface area contributed by atoms with Gasteiger partial charge in [0.05, 0.1) is 55.5 Å². The second kappa shape index (κ2) is 27.1. The molecular formula is C42H35N11Na4O13S4. The molecule has 0 spiro atoms. The van der Waals surface area contributed by atoms with E-state index in [-0.39, 0.29) is 180 Å². The summed E-state index contributed by atoms with van der Waals surface area (Å²) in [6.45, 7) is 4.31. The number of nitrogens with zero attached hydrogens (tertiary/aromatic N) is 8. The molecule has 0 aliphatic carbocycles. The predicted molar refractivity (Wildman–Crippen MR) is 248 cm³/mol. The Bertz CT molecular complexity index is 3450. The van der Waals surface area contributed by atoms with Gasteiger partial charge in [0, 0.05) is 52.6 Å². The first kappa shape index (κ1) is 63.5. The number of aromatic nitrogens is 3. The molecule has 1 aliphatic rings. The van der Waals surface area contributed by atoms with Crippen molar-refractivity contribution >= 4 is 114 Å². The van der Waals surface area contributed by atoms with Crippen LogP contribution in [0.4, 0.5) is 52.0 Å². The first-order valence-corrected chi connectivity index (χ1v) is 26.2. The molecule has 0 radical (unpaired) electrons. The van der Waals surface area contributed by atoms with Gasteiger partial charge in [-0.2, -0.15) is 35.4 Å². The molecule has 3 N–H and O–H groups in total. The number of nitrogens with one attached hydrogen (secondary N) is 3. The topological polar surface area (TPSA) is 365 Å². The number of morpholine rings is 1. The van der Waals surface area contributed by atoms with Gasteiger partial charge in [-0.1, -0.05) is 24.3 Å². The Labute approximate surface area is 513 Å². The van der Waals surface area contributed by atoms with Crippen molar-refractivity contribution < 1.29 is 175 Å². The third-order valence-corrected chi connectivity index (χ3v) is 13.9.